The number of aliphatic hydroxyl groups is 1. The number of guanidine groups is 1. The summed E-state index contributed by atoms with van der Waals surface area (Å²) in [6.45, 7) is -1.21. The van der Waals surface area contributed by atoms with Crippen molar-refractivity contribution in [2.75, 3.05) is 19.7 Å². The largest absolute Gasteiger partial charge is 0.508 e. The molecule has 2 aromatic rings. The maximum absolute atomic E-state index is 13.1. The van der Waals surface area contributed by atoms with Gasteiger partial charge in [0.2, 0.25) is 29.5 Å². The van der Waals surface area contributed by atoms with Crippen molar-refractivity contribution >= 4 is 35.5 Å². The van der Waals surface area contributed by atoms with Gasteiger partial charge in [0.05, 0.1) is 19.2 Å². The molecule has 0 aliphatic carbocycles. The standard InChI is InChI=1S/C29H41N9O7/c30-20(13-18-8-10-19(40)11-9-18)26(43)38-22(14-17-5-2-1-3-6-17)27(44)35-15-24(41)36-23(16-39)28(45)37-21(25(31)42)7-4-12-34-29(32)33/h1-3,5-6,8-11,20-23,39-40H,4,7,12-16,30H2,(H2,31,42)(H,35,44)(H,36,41)(H,37,45)(H,38,43)(H4,32,33,34)/t20-,21-,22-,23-/m0/s1. The van der Waals surface area contributed by atoms with Crippen molar-refractivity contribution in [3.63, 3.8) is 0 Å². The maximum atomic E-state index is 13.1. The molecular formula is C29H41N9O7. The summed E-state index contributed by atoms with van der Waals surface area (Å²) in [6, 6.07) is 10.4. The van der Waals surface area contributed by atoms with Gasteiger partial charge in [-0.2, -0.15) is 0 Å². The first kappa shape index (κ1) is 36.0. The van der Waals surface area contributed by atoms with Gasteiger partial charge in [0, 0.05) is 13.0 Å². The quantitative estimate of drug-likeness (QED) is 0.0444. The minimum atomic E-state index is -1.45. The number of aliphatic imine (C=N–C) groups is 1. The Morgan fingerprint density at radius 2 is 1.38 bits per heavy atom. The highest BCUT2D eigenvalue weighted by atomic mass is 16.3. The summed E-state index contributed by atoms with van der Waals surface area (Å²) in [4.78, 5) is 66.8. The summed E-state index contributed by atoms with van der Waals surface area (Å²) in [5.74, 6) is -3.90. The minimum Gasteiger partial charge on any atom is -0.508 e. The second-order valence-corrected chi connectivity index (χ2v) is 10.2. The Balaban J connectivity index is 1.98. The van der Waals surface area contributed by atoms with Crippen LogP contribution in [0.2, 0.25) is 0 Å². The Morgan fingerprint density at radius 3 is 1.98 bits per heavy atom. The molecule has 2 rings (SSSR count). The number of hydrogen-bond acceptors (Lipinski definition) is 9. The van der Waals surface area contributed by atoms with Crippen LogP contribution in [0.1, 0.15) is 24.0 Å². The molecular weight excluding hydrogens is 586 g/mol. The molecule has 2 aromatic carbocycles. The van der Waals surface area contributed by atoms with Crippen molar-refractivity contribution in [2.24, 2.45) is 27.9 Å². The van der Waals surface area contributed by atoms with Crippen LogP contribution in [0, 0.1) is 0 Å². The van der Waals surface area contributed by atoms with E-state index in [2.05, 4.69) is 26.3 Å². The molecule has 45 heavy (non-hydrogen) atoms. The lowest BCUT2D eigenvalue weighted by Gasteiger charge is -2.22. The molecule has 0 fully saturated rings. The van der Waals surface area contributed by atoms with Crippen LogP contribution in [0.15, 0.2) is 59.6 Å². The second-order valence-electron chi connectivity index (χ2n) is 10.2. The third-order valence-corrected chi connectivity index (χ3v) is 6.51. The summed E-state index contributed by atoms with van der Waals surface area (Å²) in [7, 11) is 0. The molecule has 0 radical (unpaired) electrons. The summed E-state index contributed by atoms with van der Waals surface area (Å²) in [5.41, 5.74) is 23.4. The number of benzene rings is 2. The van der Waals surface area contributed by atoms with E-state index in [9.17, 15) is 34.2 Å². The lowest BCUT2D eigenvalue weighted by atomic mass is 10.0. The second kappa shape index (κ2) is 18.4. The van der Waals surface area contributed by atoms with Crippen LogP contribution in [-0.2, 0) is 36.8 Å². The zero-order valence-electron chi connectivity index (χ0n) is 24.6. The van der Waals surface area contributed by atoms with Crippen LogP contribution in [-0.4, -0.2) is 89.6 Å². The number of phenolic OH excluding ortho intramolecular Hbond substituents is 1. The Bertz CT molecular complexity index is 1320. The zero-order valence-corrected chi connectivity index (χ0v) is 24.6. The molecule has 0 aliphatic rings. The van der Waals surface area contributed by atoms with Gasteiger partial charge in [0.15, 0.2) is 5.96 Å². The number of rotatable bonds is 18. The normalized spacial score (nSPS) is 13.3. The molecule has 0 aliphatic heterocycles. The fourth-order valence-electron chi connectivity index (χ4n) is 4.11. The lowest BCUT2D eigenvalue weighted by molar-refractivity contribution is -0.133. The average molecular weight is 628 g/mol. The number of nitrogens with one attached hydrogen (secondary N) is 4. The van der Waals surface area contributed by atoms with E-state index in [1.54, 1.807) is 42.5 Å². The van der Waals surface area contributed by atoms with Crippen LogP contribution in [0.5, 0.6) is 5.75 Å². The van der Waals surface area contributed by atoms with Crippen LogP contribution >= 0.6 is 0 Å². The number of phenols is 1. The molecule has 0 saturated heterocycles. The van der Waals surface area contributed by atoms with Gasteiger partial charge in [-0.1, -0.05) is 42.5 Å². The molecule has 0 saturated carbocycles. The number of primary amides is 1. The van der Waals surface area contributed by atoms with Gasteiger partial charge in [-0.25, -0.2) is 0 Å². The van der Waals surface area contributed by atoms with Gasteiger partial charge in [-0.15, -0.1) is 0 Å². The van der Waals surface area contributed by atoms with Crippen molar-refractivity contribution in [1.82, 2.24) is 21.3 Å². The number of nitrogens with zero attached hydrogens (tertiary/aromatic N) is 1. The van der Waals surface area contributed by atoms with Gasteiger partial charge < -0.3 is 54.4 Å². The van der Waals surface area contributed by atoms with E-state index in [0.717, 1.165) is 5.56 Å². The fraction of sp³-hybridized carbons (Fsp3) is 0.379. The van der Waals surface area contributed by atoms with Gasteiger partial charge in [0.1, 0.15) is 23.9 Å². The Hall–Kier alpha value is -5.22. The third kappa shape index (κ3) is 13.3. The highest BCUT2D eigenvalue weighted by Gasteiger charge is 2.27. The lowest BCUT2D eigenvalue weighted by Crippen LogP contribution is -2.56. The van der Waals surface area contributed by atoms with Crippen LogP contribution < -0.4 is 44.2 Å². The Kier molecular flexibility index (Phi) is 14.7. The van der Waals surface area contributed by atoms with Crippen molar-refractivity contribution in [1.29, 1.82) is 0 Å². The Morgan fingerprint density at radius 1 is 0.756 bits per heavy atom. The Labute approximate surface area is 260 Å². The molecule has 0 unspecified atom stereocenters. The van der Waals surface area contributed by atoms with E-state index in [0.29, 0.717) is 12.0 Å². The molecule has 4 atom stereocenters. The van der Waals surface area contributed by atoms with E-state index in [-0.39, 0.29) is 37.5 Å². The van der Waals surface area contributed by atoms with Crippen LogP contribution in [0.25, 0.3) is 0 Å². The van der Waals surface area contributed by atoms with Gasteiger partial charge in [0.25, 0.3) is 0 Å². The molecule has 5 amide bonds. The van der Waals surface area contributed by atoms with E-state index >= 15 is 0 Å². The smallest absolute Gasteiger partial charge is 0.245 e. The molecule has 16 heteroatoms. The van der Waals surface area contributed by atoms with Gasteiger partial charge in [-0.05, 0) is 42.5 Å². The third-order valence-electron chi connectivity index (χ3n) is 6.51. The van der Waals surface area contributed by atoms with E-state index in [1.165, 1.54) is 12.1 Å². The first-order chi connectivity index (χ1) is 21.4. The predicted molar refractivity (Wildman–Crippen MR) is 165 cm³/mol. The molecule has 14 N–H and O–H groups in total. The summed E-state index contributed by atoms with van der Waals surface area (Å²) >= 11 is 0. The van der Waals surface area contributed by atoms with Crippen molar-refractivity contribution < 1.29 is 34.2 Å². The zero-order chi connectivity index (χ0) is 33.4. The topological polar surface area (TPSA) is 290 Å². The van der Waals surface area contributed by atoms with Crippen molar-refractivity contribution in [2.45, 2.75) is 49.9 Å². The van der Waals surface area contributed by atoms with Gasteiger partial charge >= 0.3 is 0 Å². The average Bonchev–Trinajstić information content (AvgIpc) is 3.00. The van der Waals surface area contributed by atoms with E-state index < -0.39 is 66.9 Å². The monoisotopic (exact) mass is 627 g/mol. The number of hydrogen-bond donors (Lipinski definition) is 10. The molecule has 0 heterocycles. The predicted octanol–water partition coefficient (Wildman–Crippen LogP) is -3.39. The highest BCUT2D eigenvalue weighted by molar-refractivity contribution is 5.94. The first-order valence-electron chi connectivity index (χ1n) is 14.1. The first-order valence-corrected chi connectivity index (χ1v) is 14.1. The van der Waals surface area contributed by atoms with Crippen LogP contribution in [0.4, 0.5) is 0 Å². The van der Waals surface area contributed by atoms with E-state index in [4.69, 9.17) is 22.9 Å². The molecule has 0 spiro atoms. The van der Waals surface area contributed by atoms with Gasteiger partial charge in [-0.3, -0.25) is 29.0 Å². The fourth-order valence-corrected chi connectivity index (χ4v) is 4.11. The van der Waals surface area contributed by atoms with Crippen molar-refractivity contribution in [3.8, 4) is 5.75 Å². The molecule has 0 aromatic heterocycles. The number of amides is 5. The minimum absolute atomic E-state index is 0.0668. The number of carbonyl (C=O) groups is 5. The number of carbonyl (C=O) groups excluding carboxylic acids is 5. The molecule has 16 nitrogen and oxygen atoms in total. The van der Waals surface area contributed by atoms with Crippen molar-refractivity contribution in [3.05, 3.63) is 65.7 Å². The molecule has 244 valence electrons. The highest BCUT2D eigenvalue weighted by Crippen LogP contribution is 2.11. The summed E-state index contributed by atoms with van der Waals surface area (Å²) in [6.07, 6.45) is 0.653. The number of nitrogens with two attached hydrogens (primary N) is 4. The van der Waals surface area contributed by atoms with Crippen LogP contribution in [0.3, 0.4) is 0 Å². The number of aromatic hydroxyl groups is 1. The summed E-state index contributed by atoms with van der Waals surface area (Å²) in [5, 5.41) is 28.8. The molecule has 0 bridgehead atoms. The maximum Gasteiger partial charge on any atom is 0.245 e. The summed E-state index contributed by atoms with van der Waals surface area (Å²) < 4.78 is 0. The number of aliphatic hydroxyl groups excluding tert-OH is 1. The van der Waals surface area contributed by atoms with E-state index in [1.807, 2.05) is 0 Å². The SMILES string of the molecule is NC(=O)[C@H](CCCN=C(N)N)NC(=O)[C@H](CO)NC(=O)CNC(=O)[C@H](Cc1ccccc1)NC(=O)[C@@H](N)Cc1ccc(O)cc1.